The lowest BCUT2D eigenvalue weighted by atomic mass is 10.0. The van der Waals surface area contributed by atoms with Crippen LogP contribution in [0.4, 0.5) is 8.78 Å². The van der Waals surface area contributed by atoms with Crippen LogP contribution in [-0.4, -0.2) is 24.0 Å². The Morgan fingerprint density at radius 2 is 2.18 bits per heavy atom. The number of carboxylic acids is 1. The number of aromatic carboxylic acids is 1. The lowest BCUT2D eigenvalue weighted by molar-refractivity contribution is -0.0503. The van der Waals surface area contributed by atoms with Crippen LogP contribution in [0.15, 0.2) is 12.1 Å². The van der Waals surface area contributed by atoms with Gasteiger partial charge in [-0.25, -0.2) is 4.79 Å². The third-order valence-corrected chi connectivity index (χ3v) is 1.82. The second kappa shape index (κ2) is 5.03. The van der Waals surface area contributed by atoms with Crippen LogP contribution in [0.1, 0.15) is 26.3 Å². The molecule has 0 aliphatic rings. The first kappa shape index (κ1) is 12.6. The van der Waals surface area contributed by atoms with Gasteiger partial charge in [-0.15, -0.1) is 0 Å². The summed E-state index contributed by atoms with van der Waals surface area (Å²) in [6, 6.07) is 3.42. The summed E-state index contributed by atoms with van der Waals surface area (Å²) in [6.07, 6.45) is 0.155. The van der Waals surface area contributed by atoms with E-state index in [-0.39, 0.29) is 11.8 Å². The summed E-state index contributed by atoms with van der Waals surface area (Å²) in [5.41, 5.74) is -1.24. The van der Waals surface area contributed by atoms with E-state index in [4.69, 9.17) is 10.4 Å². The summed E-state index contributed by atoms with van der Waals surface area (Å²) in [5.74, 6) is -2.30. The van der Waals surface area contributed by atoms with E-state index in [2.05, 4.69) is 4.74 Å². The molecule has 0 fully saturated rings. The van der Waals surface area contributed by atoms with Gasteiger partial charge in [0.2, 0.25) is 0 Å². The highest BCUT2D eigenvalue weighted by Crippen LogP contribution is 2.25. The van der Waals surface area contributed by atoms with Crippen molar-refractivity contribution < 1.29 is 28.2 Å². The molecule has 1 aromatic carbocycles. The van der Waals surface area contributed by atoms with E-state index in [0.29, 0.717) is 0 Å². The molecule has 1 aromatic rings. The highest BCUT2D eigenvalue weighted by atomic mass is 19.3. The summed E-state index contributed by atoms with van der Waals surface area (Å²) in [4.78, 5) is 21.4. The predicted octanol–water partition coefficient (Wildman–Crippen LogP) is 1.67. The Morgan fingerprint density at radius 1 is 1.53 bits per heavy atom. The first-order chi connectivity index (χ1) is 7.99. The molecule has 0 aromatic heterocycles. The number of halogens is 2. The SMILES string of the molecule is N#Cc1cc(C=O)c(C(=O)O)c(OC(F)F)c1. The van der Waals surface area contributed by atoms with Gasteiger partial charge in [0.15, 0.2) is 6.29 Å². The molecule has 0 heterocycles. The largest absolute Gasteiger partial charge is 0.478 e. The molecule has 0 aliphatic carbocycles. The van der Waals surface area contributed by atoms with Crippen LogP contribution in [0.2, 0.25) is 0 Å². The number of carboxylic acid groups (broad SMARTS) is 1. The second-order valence-corrected chi connectivity index (χ2v) is 2.85. The van der Waals surface area contributed by atoms with Gasteiger partial charge >= 0.3 is 12.6 Å². The number of aldehydes is 1. The number of hydrogen-bond donors (Lipinski definition) is 1. The maximum absolute atomic E-state index is 12.0. The molecule has 1 N–H and O–H groups in total. The van der Waals surface area contributed by atoms with E-state index in [1.54, 1.807) is 6.07 Å². The zero-order valence-electron chi connectivity index (χ0n) is 8.18. The van der Waals surface area contributed by atoms with E-state index in [1.165, 1.54) is 0 Å². The van der Waals surface area contributed by atoms with Gasteiger partial charge in [-0.1, -0.05) is 0 Å². The molecular weight excluding hydrogens is 236 g/mol. The smallest absolute Gasteiger partial charge is 0.387 e. The topological polar surface area (TPSA) is 87.4 Å². The number of alkyl halides is 2. The Kier molecular flexibility index (Phi) is 3.72. The minimum absolute atomic E-state index is 0.146. The average molecular weight is 241 g/mol. The molecule has 0 saturated heterocycles. The Balaban J connectivity index is 3.47. The highest BCUT2D eigenvalue weighted by Gasteiger charge is 2.20. The van der Waals surface area contributed by atoms with Crippen LogP contribution in [-0.2, 0) is 0 Å². The molecule has 0 unspecified atom stereocenters. The van der Waals surface area contributed by atoms with Crippen molar-refractivity contribution in [1.29, 1.82) is 5.26 Å². The van der Waals surface area contributed by atoms with Gasteiger partial charge in [-0.05, 0) is 12.1 Å². The van der Waals surface area contributed by atoms with Crippen molar-refractivity contribution in [1.82, 2.24) is 0 Å². The minimum atomic E-state index is -3.25. The summed E-state index contributed by atoms with van der Waals surface area (Å²) in [5, 5.41) is 17.4. The van der Waals surface area contributed by atoms with E-state index in [1.807, 2.05) is 0 Å². The molecule has 0 aliphatic heterocycles. The summed E-state index contributed by atoms with van der Waals surface area (Å²) in [7, 11) is 0. The number of carbonyl (C=O) groups is 2. The number of rotatable bonds is 4. The van der Waals surface area contributed by atoms with E-state index in [9.17, 15) is 18.4 Å². The first-order valence-corrected chi connectivity index (χ1v) is 4.21. The Hall–Kier alpha value is -2.49. The number of nitrogens with zero attached hydrogens (tertiary/aromatic N) is 1. The average Bonchev–Trinajstić information content (AvgIpc) is 2.26. The van der Waals surface area contributed by atoms with Crippen molar-refractivity contribution in [3.05, 3.63) is 28.8 Å². The van der Waals surface area contributed by atoms with Gasteiger partial charge in [-0.3, -0.25) is 4.79 Å². The molecule has 0 radical (unpaired) electrons. The van der Waals surface area contributed by atoms with E-state index in [0.717, 1.165) is 12.1 Å². The molecule has 5 nitrogen and oxygen atoms in total. The summed E-state index contributed by atoms with van der Waals surface area (Å²) >= 11 is 0. The van der Waals surface area contributed by atoms with Crippen LogP contribution >= 0.6 is 0 Å². The third-order valence-electron chi connectivity index (χ3n) is 1.82. The van der Waals surface area contributed by atoms with Crippen molar-refractivity contribution in [3.8, 4) is 11.8 Å². The molecule has 17 heavy (non-hydrogen) atoms. The number of carbonyl (C=O) groups excluding carboxylic acids is 1. The highest BCUT2D eigenvalue weighted by molar-refractivity contribution is 6.00. The number of ether oxygens (including phenoxy) is 1. The Bertz CT molecular complexity index is 508. The molecule has 1 rings (SSSR count). The molecule has 0 amide bonds. The van der Waals surface area contributed by atoms with Gasteiger partial charge in [-0.2, -0.15) is 14.0 Å². The molecule has 88 valence electrons. The fourth-order valence-corrected chi connectivity index (χ4v) is 1.21. The standard InChI is InChI=1S/C10H5F2NO4/c11-10(12)17-7-2-5(3-13)1-6(4-14)8(7)9(15)16/h1-2,4,10H,(H,15,16). The molecule has 0 atom stereocenters. The maximum Gasteiger partial charge on any atom is 0.387 e. The Morgan fingerprint density at radius 3 is 2.59 bits per heavy atom. The predicted molar refractivity (Wildman–Crippen MR) is 50.1 cm³/mol. The van der Waals surface area contributed by atoms with E-state index >= 15 is 0 Å². The van der Waals surface area contributed by atoms with Crippen LogP contribution in [0, 0.1) is 11.3 Å². The summed E-state index contributed by atoms with van der Waals surface area (Å²) < 4.78 is 28.1. The fraction of sp³-hybridized carbons (Fsp3) is 0.100. The third kappa shape index (κ3) is 2.75. The van der Waals surface area contributed by atoms with Crippen LogP contribution in [0.3, 0.4) is 0 Å². The summed E-state index contributed by atoms with van der Waals surface area (Å²) in [6.45, 7) is -3.25. The number of benzene rings is 1. The number of hydrogen-bond acceptors (Lipinski definition) is 4. The minimum Gasteiger partial charge on any atom is -0.478 e. The van der Waals surface area contributed by atoms with Crippen LogP contribution in [0.5, 0.6) is 5.75 Å². The van der Waals surface area contributed by atoms with Gasteiger partial charge in [0, 0.05) is 5.56 Å². The lowest BCUT2D eigenvalue weighted by Gasteiger charge is -2.09. The van der Waals surface area contributed by atoms with Crippen molar-refractivity contribution in [2.45, 2.75) is 6.61 Å². The molecule has 0 spiro atoms. The molecule has 0 bridgehead atoms. The molecule has 7 heteroatoms. The first-order valence-electron chi connectivity index (χ1n) is 4.21. The second-order valence-electron chi connectivity index (χ2n) is 2.85. The van der Waals surface area contributed by atoms with Gasteiger partial charge in [0.1, 0.15) is 11.3 Å². The van der Waals surface area contributed by atoms with Crippen molar-refractivity contribution in [3.63, 3.8) is 0 Å². The number of nitriles is 1. The van der Waals surface area contributed by atoms with Gasteiger partial charge in [0.25, 0.3) is 0 Å². The van der Waals surface area contributed by atoms with Crippen molar-refractivity contribution >= 4 is 12.3 Å². The van der Waals surface area contributed by atoms with Gasteiger partial charge < -0.3 is 9.84 Å². The normalized spacial score (nSPS) is 9.76. The van der Waals surface area contributed by atoms with E-state index < -0.39 is 29.5 Å². The maximum atomic E-state index is 12.0. The zero-order valence-corrected chi connectivity index (χ0v) is 8.18. The lowest BCUT2D eigenvalue weighted by Crippen LogP contribution is -2.10. The monoisotopic (exact) mass is 241 g/mol. The van der Waals surface area contributed by atoms with Crippen LogP contribution < -0.4 is 4.74 Å². The fourth-order valence-electron chi connectivity index (χ4n) is 1.21. The molecule has 0 saturated carbocycles. The van der Waals surface area contributed by atoms with Gasteiger partial charge in [0.05, 0.1) is 11.6 Å². The van der Waals surface area contributed by atoms with Crippen molar-refractivity contribution in [2.75, 3.05) is 0 Å². The van der Waals surface area contributed by atoms with Crippen LogP contribution in [0.25, 0.3) is 0 Å². The zero-order chi connectivity index (χ0) is 13.0. The van der Waals surface area contributed by atoms with Crippen molar-refractivity contribution in [2.24, 2.45) is 0 Å². The molecular formula is C10H5F2NO4. The Labute approximate surface area is 93.8 Å². The quantitative estimate of drug-likeness (QED) is 0.810.